The molecule has 84 valence electrons. The maximum atomic E-state index is 11.8. The van der Waals surface area contributed by atoms with E-state index in [4.69, 9.17) is 0 Å². The Bertz CT molecular complexity index is 343. The van der Waals surface area contributed by atoms with Crippen LogP contribution in [0.15, 0.2) is 14.3 Å². The largest absolute Gasteiger partial charge is 0.349 e. The van der Waals surface area contributed by atoms with Gasteiger partial charge in [0.25, 0.3) is 5.91 Å². The molecule has 0 fully saturated rings. The van der Waals surface area contributed by atoms with Crippen LogP contribution in [-0.4, -0.2) is 11.9 Å². The Morgan fingerprint density at radius 2 is 2.00 bits per heavy atom. The fraction of sp³-hybridized carbons (Fsp3) is 0.500. The van der Waals surface area contributed by atoms with E-state index in [2.05, 4.69) is 51.0 Å². The van der Waals surface area contributed by atoms with E-state index in [1.165, 1.54) is 11.3 Å². The third-order valence-corrected chi connectivity index (χ3v) is 5.48. The Morgan fingerprint density at radius 3 is 2.40 bits per heavy atom. The Hall–Kier alpha value is 0.130. The lowest BCUT2D eigenvalue weighted by Crippen LogP contribution is -2.35. The number of rotatable bonds is 3. The van der Waals surface area contributed by atoms with Gasteiger partial charge < -0.3 is 5.32 Å². The molecule has 2 nitrogen and oxygen atoms in total. The van der Waals surface area contributed by atoms with Crippen molar-refractivity contribution in [3.05, 3.63) is 19.2 Å². The second kappa shape index (κ2) is 5.46. The van der Waals surface area contributed by atoms with Gasteiger partial charge in [0.15, 0.2) is 0 Å². The van der Waals surface area contributed by atoms with E-state index in [9.17, 15) is 4.79 Å². The van der Waals surface area contributed by atoms with Gasteiger partial charge >= 0.3 is 0 Å². The molecule has 0 aliphatic carbocycles. The fourth-order valence-corrected chi connectivity index (χ4v) is 2.84. The minimum Gasteiger partial charge on any atom is -0.349 e. The Labute approximate surface area is 111 Å². The van der Waals surface area contributed by atoms with Crippen LogP contribution in [0.25, 0.3) is 0 Å². The maximum absolute atomic E-state index is 11.8. The van der Waals surface area contributed by atoms with Crippen molar-refractivity contribution in [3.8, 4) is 0 Å². The van der Waals surface area contributed by atoms with Gasteiger partial charge in [-0.05, 0) is 50.8 Å². The van der Waals surface area contributed by atoms with Crippen LogP contribution >= 0.6 is 43.2 Å². The van der Waals surface area contributed by atoms with Crippen molar-refractivity contribution < 1.29 is 4.79 Å². The molecule has 1 heterocycles. The number of thiophene rings is 1. The summed E-state index contributed by atoms with van der Waals surface area (Å²) in [4.78, 5) is 12.5. The first-order valence-corrected chi connectivity index (χ1v) is 7.07. The normalized spacial score (nSPS) is 12.9. The van der Waals surface area contributed by atoms with Crippen molar-refractivity contribution in [1.29, 1.82) is 0 Å². The van der Waals surface area contributed by atoms with E-state index in [0.717, 1.165) is 13.1 Å². The monoisotopic (exact) mass is 353 g/mol. The van der Waals surface area contributed by atoms with E-state index in [1.54, 1.807) is 0 Å². The minimum atomic E-state index is -0.00685. The Balaban J connectivity index is 2.69. The van der Waals surface area contributed by atoms with Crippen LogP contribution in [-0.2, 0) is 0 Å². The zero-order chi connectivity index (χ0) is 11.6. The highest BCUT2D eigenvalue weighted by molar-refractivity contribution is 9.13. The van der Waals surface area contributed by atoms with Gasteiger partial charge in [0, 0.05) is 10.5 Å². The molecule has 1 N–H and O–H groups in total. The summed E-state index contributed by atoms with van der Waals surface area (Å²) in [6.45, 7) is 6.19. The summed E-state index contributed by atoms with van der Waals surface area (Å²) in [5.41, 5.74) is 0. The molecule has 15 heavy (non-hydrogen) atoms. The first-order valence-electron chi connectivity index (χ1n) is 4.67. The molecule has 0 aliphatic rings. The molecule has 1 aromatic rings. The van der Waals surface area contributed by atoms with Crippen molar-refractivity contribution in [2.24, 2.45) is 5.92 Å². The lowest BCUT2D eigenvalue weighted by atomic mass is 10.1. The van der Waals surface area contributed by atoms with E-state index in [0.29, 0.717) is 5.92 Å². The Kier molecular flexibility index (Phi) is 4.80. The highest BCUT2D eigenvalue weighted by atomic mass is 79.9. The molecule has 1 rings (SSSR count). The van der Waals surface area contributed by atoms with Gasteiger partial charge in [-0.2, -0.15) is 0 Å². The summed E-state index contributed by atoms with van der Waals surface area (Å²) in [7, 11) is 0. The molecule has 0 aromatic carbocycles. The van der Waals surface area contributed by atoms with Crippen LogP contribution in [0.3, 0.4) is 0 Å². The molecule has 1 atom stereocenters. The van der Waals surface area contributed by atoms with Gasteiger partial charge in [-0.1, -0.05) is 13.8 Å². The first kappa shape index (κ1) is 13.2. The quantitative estimate of drug-likeness (QED) is 0.871. The smallest absolute Gasteiger partial charge is 0.261 e. The van der Waals surface area contributed by atoms with Gasteiger partial charge in [-0.15, -0.1) is 11.3 Å². The van der Waals surface area contributed by atoms with Crippen molar-refractivity contribution in [2.45, 2.75) is 26.8 Å². The molecule has 0 aliphatic heterocycles. The number of carbonyl (C=O) groups excluding carboxylic acids is 1. The molecule has 0 radical (unpaired) electrons. The summed E-state index contributed by atoms with van der Waals surface area (Å²) in [5.74, 6) is 0.438. The zero-order valence-corrected chi connectivity index (χ0v) is 12.8. The van der Waals surface area contributed by atoms with E-state index < -0.39 is 0 Å². The standard InChI is InChI=1S/C10H13Br2NOS/c1-5(2)6(3)13-10(14)8-4-7(11)9(12)15-8/h4-6H,1-3H3,(H,13,14)/t6-/m1/s1. The van der Waals surface area contributed by atoms with Crippen molar-refractivity contribution in [2.75, 3.05) is 0 Å². The van der Waals surface area contributed by atoms with Gasteiger partial charge in [-0.25, -0.2) is 0 Å². The summed E-state index contributed by atoms with van der Waals surface area (Å²) in [6.07, 6.45) is 0. The molecule has 1 aromatic heterocycles. The van der Waals surface area contributed by atoms with E-state index in [-0.39, 0.29) is 11.9 Å². The van der Waals surface area contributed by atoms with E-state index in [1.807, 2.05) is 13.0 Å². The predicted octanol–water partition coefficient (Wildman–Crippen LogP) is 4.05. The van der Waals surface area contributed by atoms with Crippen LogP contribution in [0.4, 0.5) is 0 Å². The van der Waals surface area contributed by atoms with E-state index >= 15 is 0 Å². The second-order valence-electron chi connectivity index (χ2n) is 3.74. The van der Waals surface area contributed by atoms with Gasteiger partial charge in [0.1, 0.15) is 0 Å². The predicted molar refractivity (Wildman–Crippen MR) is 71.5 cm³/mol. The average Bonchev–Trinajstić information content (AvgIpc) is 2.46. The Morgan fingerprint density at radius 1 is 1.40 bits per heavy atom. The number of amides is 1. The number of halogens is 2. The molecule has 0 saturated carbocycles. The number of hydrogen-bond donors (Lipinski definition) is 1. The average molecular weight is 355 g/mol. The number of hydrogen-bond acceptors (Lipinski definition) is 2. The summed E-state index contributed by atoms with van der Waals surface area (Å²) in [6, 6.07) is 2.02. The molecule has 1 amide bonds. The van der Waals surface area contributed by atoms with Gasteiger partial charge in [0.05, 0.1) is 8.66 Å². The molecular formula is C10H13Br2NOS. The topological polar surface area (TPSA) is 29.1 Å². The van der Waals surface area contributed by atoms with Crippen LogP contribution in [0.5, 0.6) is 0 Å². The molecule has 0 bridgehead atoms. The second-order valence-corrected chi connectivity index (χ2v) is 6.96. The minimum absolute atomic E-state index is 0.00685. The van der Waals surface area contributed by atoms with Gasteiger partial charge in [-0.3, -0.25) is 4.79 Å². The van der Waals surface area contributed by atoms with Crippen molar-refractivity contribution in [3.63, 3.8) is 0 Å². The number of carbonyl (C=O) groups is 1. The molecule has 0 spiro atoms. The maximum Gasteiger partial charge on any atom is 0.261 e. The molecule has 0 saturated heterocycles. The SMILES string of the molecule is CC(C)[C@@H](C)NC(=O)c1cc(Br)c(Br)s1. The lowest BCUT2D eigenvalue weighted by molar-refractivity contribution is 0.0934. The first-order chi connectivity index (χ1) is 6.91. The summed E-state index contributed by atoms with van der Waals surface area (Å²) >= 11 is 8.17. The van der Waals surface area contributed by atoms with Crippen molar-refractivity contribution >= 4 is 49.1 Å². The van der Waals surface area contributed by atoms with Crippen LogP contribution < -0.4 is 5.32 Å². The highest BCUT2D eigenvalue weighted by Gasteiger charge is 2.15. The van der Waals surface area contributed by atoms with Crippen LogP contribution in [0.2, 0.25) is 0 Å². The van der Waals surface area contributed by atoms with Crippen LogP contribution in [0.1, 0.15) is 30.4 Å². The molecule has 0 unspecified atom stereocenters. The van der Waals surface area contributed by atoms with Crippen molar-refractivity contribution in [1.82, 2.24) is 5.32 Å². The highest BCUT2D eigenvalue weighted by Crippen LogP contribution is 2.32. The number of nitrogens with one attached hydrogen (secondary N) is 1. The molecule has 5 heteroatoms. The lowest BCUT2D eigenvalue weighted by Gasteiger charge is -2.16. The van der Waals surface area contributed by atoms with Gasteiger partial charge in [0.2, 0.25) is 0 Å². The van der Waals surface area contributed by atoms with Crippen LogP contribution in [0, 0.1) is 5.92 Å². The third-order valence-electron chi connectivity index (χ3n) is 2.23. The fourth-order valence-electron chi connectivity index (χ4n) is 0.903. The zero-order valence-electron chi connectivity index (χ0n) is 8.80. The summed E-state index contributed by atoms with van der Waals surface area (Å²) in [5, 5.41) is 2.97. The molecular weight excluding hydrogens is 342 g/mol. The third kappa shape index (κ3) is 3.57. The summed E-state index contributed by atoms with van der Waals surface area (Å²) < 4.78 is 1.87.